The zero-order valence-corrected chi connectivity index (χ0v) is 18.6. The number of nitrogens with one attached hydrogen (secondary N) is 1. The van der Waals surface area contributed by atoms with E-state index in [2.05, 4.69) is 26.1 Å². The number of methoxy groups -OCH3 is 1. The number of hydrogen-bond donors (Lipinski definition) is 1. The first-order valence-electron chi connectivity index (χ1n) is 11.2. The van der Waals surface area contributed by atoms with Crippen molar-refractivity contribution in [2.45, 2.75) is 71.3 Å². The molecule has 0 aromatic heterocycles. The largest absolute Gasteiger partial charge is 0.458 e. The fourth-order valence-electron chi connectivity index (χ4n) is 4.68. The molecule has 1 saturated carbocycles. The number of carbonyl (C=O) groups is 2. The number of esters is 1. The van der Waals surface area contributed by atoms with Gasteiger partial charge < -0.3 is 19.5 Å². The minimum absolute atomic E-state index is 0.109. The summed E-state index contributed by atoms with van der Waals surface area (Å²) in [6.07, 6.45) is 4.15. The molecule has 30 heavy (non-hydrogen) atoms. The molecular weight excluding hydrogens is 382 g/mol. The van der Waals surface area contributed by atoms with Crippen LogP contribution < -0.4 is 5.32 Å². The van der Waals surface area contributed by atoms with Crippen LogP contribution in [-0.4, -0.2) is 44.0 Å². The Balaban J connectivity index is 1.73. The van der Waals surface area contributed by atoms with Crippen LogP contribution in [0.4, 0.5) is 0 Å². The van der Waals surface area contributed by atoms with E-state index >= 15 is 0 Å². The zero-order valence-electron chi connectivity index (χ0n) is 18.6. The topological polar surface area (TPSA) is 73.9 Å². The molecule has 0 radical (unpaired) electrons. The van der Waals surface area contributed by atoms with Gasteiger partial charge in [0.15, 0.2) is 6.29 Å². The molecule has 1 aromatic carbocycles. The van der Waals surface area contributed by atoms with E-state index in [1.165, 1.54) is 6.42 Å². The molecule has 1 amide bonds. The number of hydrogen-bond acceptors (Lipinski definition) is 5. The average Bonchev–Trinajstić information content (AvgIpc) is 2.74. The van der Waals surface area contributed by atoms with Crippen LogP contribution in [0.3, 0.4) is 0 Å². The second-order valence-electron chi connectivity index (χ2n) is 9.01. The highest BCUT2D eigenvalue weighted by Gasteiger charge is 2.34. The molecule has 1 aromatic rings. The second-order valence-corrected chi connectivity index (χ2v) is 9.01. The van der Waals surface area contributed by atoms with E-state index < -0.39 is 12.3 Å². The van der Waals surface area contributed by atoms with E-state index in [4.69, 9.17) is 14.2 Å². The maximum Gasteiger partial charge on any atom is 0.339 e. The van der Waals surface area contributed by atoms with Crippen molar-refractivity contribution in [2.24, 2.45) is 17.8 Å². The van der Waals surface area contributed by atoms with Gasteiger partial charge >= 0.3 is 5.97 Å². The van der Waals surface area contributed by atoms with Gasteiger partial charge in [0.05, 0.1) is 17.2 Å². The fraction of sp³-hybridized carbons (Fsp3) is 0.667. The van der Waals surface area contributed by atoms with E-state index in [0.29, 0.717) is 35.5 Å². The van der Waals surface area contributed by atoms with Crippen molar-refractivity contribution in [3.63, 3.8) is 0 Å². The van der Waals surface area contributed by atoms with Gasteiger partial charge in [0.25, 0.3) is 5.91 Å². The van der Waals surface area contributed by atoms with Crippen LogP contribution in [0, 0.1) is 17.8 Å². The van der Waals surface area contributed by atoms with Crippen LogP contribution in [0.1, 0.15) is 73.6 Å². The molecule has 0 unspecified atom stereocenters. The van der Waals surface area contributed by atoms with Crippen molar-refractivity contribution in [2.75, 3.05) is 13.7 Å². The summed E-state index contributed by atoms with van der Waals surface area (Å²) in [6, 6.07) is 6.61. The molecule has 2 aliphatic rings. The molecule has 2 fully saturated rings. The van der Waals surface area contributed by atoms with Crippen molar-refractivity contribution in [3.05, 3.63) is 35.4 Å². The van der Waals surface area contributed by atoms with Gasteiger partial charge in [0, 0.05) is 13.7 Å². The first-order chi connectivity index (χ1) is 14.4. The molecule has 166 valence electrons. The first-order valence-corrected chi connectivity index (χ1v) is 11.2. The van der Waals surface area contributed by atoms with Crippen molar-refractivity contribution in [3.8, 4) is 0 Å². The lowest BCUT2D eigenvalue weighted by Crippen LogP contribution is -2.48. The molecule has 1 aliphatic heterocycles. The smallest absolute Gasteiger partial charge is 0.339 e. The van der Waals surface area contributed by atoms with Crippen LogP contribution >= 0.6 is 0 Å². The van der Waals surface area contributed by atoms with Gasteiger partial charge in [-0.2, -0.15) is 0 Å². The third-order valence-corrected chi connectivity index (χ3v) is 6.43. The summed E-state index contributed by atoms with van der Waals surface area (Å²) in [5, 5.41) is 2.97. The maximum atomic E-state index is 13.1. The number of carbonyl (C=O) groups excluding carboxylic acids is 2. The predicted molar refractivity (Wildman–Crippen MR) is 114 cm³/mol. The number of benzene rings is 1. The van der Waals surface area contributed by atoms with Gasteiger partial charge in [0.1, 0.15) is 6.10 Å². The number of ether oxygens (including phenoxy) is 3. The highest BCUT2D eigenvalue weighted by Crippen LogP contribution is 2.35. The zero-order chi connectivity index (χ0) is 21.7. The Bertz CT molecular complexity index is 734. The highest BCUT2D eigenvalue weighted by atomic mass is 16.7. The van der Waals surface area contributed by atoms with E-state index in [0.717, 1.165) is 25.7 Å². The lowest BCUT2D eigenvalue weighted by molar-refractivity contribution is -0.160. The summed E-state index contributed by atoms with van der Waals surface area (Å²) in [4.78, 5) is 26.1. The van der Waals surface area contributed by atoms with Gasteiger partial charge in [-0.25, -0.2) is 4.79 Å². The monoisotopic (exact) mass is 417 g/mol. The van der Waals surface area contributed by atoms with Crippen LogP contribution in [0.15, 0.2) is 24.3 Å². The van der Waals surface area contributed by atoms with E-state index in [1.807, 2.05) is 0 Å². The van der Waals surface area contributed by atoms with Gasteiger partial charge in [-0.1, -0.05) is 39.3 Å². The van der Waals surface area contributed by atoms with E-state index in [-0.39, 0.29) is 18.1 Å². The molecule has 5 atom stereocenters. The van der Waals surface area contributed by atoms with Crippen molar-refractivity contribution in [1.29, 1.82) is 0 Å². The van der Waals surface area contributed by atoms with Crippen molar-refractivity contribution >= 4 is 11.9 Å². The SMILES string of the molecule is CO[C@@H]1OCCC[C@H]1NC(=O)c1ccccc1C(=O)O[C@@H]1C[C@H](C)CC[C@H]1C(C)C. The Morgan fingerprint density at radius 2 is 1.87 bits per heavy atom. The molecule has 1 aliphatic carbocycles. The van der Waals surface area contributed by atoms with Crippen molar-refractivity contribution < 1.29 is 23.8 Å². The van der Waals surface area contributed by atoms with E-state index in [9.17, 15) is 9.59 Å². The lowest BCUT2D eigenvalue weighted by Gasteiger charge is -2.36. The van der Waals surface area contributed by atoms with E-state index in [1.54, 1.807) is 31.4 Å². The molecule has 3 rings (SSSR count). The Morgan fingerprint density at radius 3 is 2.57 bits per heavy atom. The quantitative estimate of drug-likeness (QED) is 0.703. The summed E-state index contributed by atoms with van der Waals surface area (Å²) in [5.41, 5.74) is 0.634. The van der Waals surface area contributed by atoms with Gasteiger partial charge in [-0.15, -0.1) is 0 Å². The standard InChI is InChI=1S/C24H35NO5/c1-15(2)17-12-11-16(3)14-21(17)30-23(27)19-9-6-5-8-18(19)22(26)25-20-10-7-13-29-24(20)28-4/h5-6,8-9,15-17,20-21,24H,7,10-14H2,1-4H3,(H,25,26)/t16-,17+,20-,21-,24-/m1/s1. The first kappa shape index (κ1) is 22.8. The molecule has 0 spiro atoms. The highest BCUT2D eigenvalue weighted by molar-refractivity contribution is 6.05. The normalized spacial score (nSPS) is 29.4. The van der Waals surface area contributed by atoms with Gasteiger partial charge in [-0.05, 0) is 55.6 Å². The Kier molecular flexibility index (Phi) is 7.89. The minimum atomic E-state index is -0.475. The maximum absolute atomic E-state index is 13.1. The van der Waals surface area contributed by atoms with Gasteiger partial charge in [-0.3, -0.25) is 4.79 Å². The van der Waals surface area contributed by atoms with Crippen LogP contribution in [0.25, 0.3) is 0 Å². The third-order valence-electron chi connectivity index (χ3n) is 6.43. The third kappa shape index (κ3) is 5.41. The van der Waals surface area contributed by atoms with Crippen LogP contribution in [-0.2, 0) is 14.2 Å². The summed E-state index contributed by atoms with van der Waals surface area (Å²) >= 11 is 0. The Hall–Kier alpha value is -1.92. The van der Waals surface area contributed by atoms with Gasteiger partial charge in [0.2, 0.25) is 0 Å². The molecule has 0 bridgehead atoms. The lowest BCUT2D eigenvalue weighted by atomic mass is 9.75. The molecule has 6 nitrogen and oxygen atoms in total. The fourth-order valence-corrected chi connectivity index (χ4v) is 4.68. The summed E-state index contributed by atoms with van der Waals surface area (Å²) in [6.45, 7) is 7.19. The summed E-state index contributed by atoms with van der Waals surface area (Å²) in [7, 11) is 1.57. The molecule has 1 saturated heterocycles. The van der Waals surface area contributed by atoms with Crippen molar-refractivity contribution in [1.82, 2.24) is 5.32 Å². The number of rotatable bonds is 6. The minimum Gasteiger partial charge on any atom is -0.458 e. The molecular formula is C24H35NO5. The Labute approximate surface area is 179 Å². The second kappa shape index (κ2) is 10.4. The molecule has 6 heteroatoms. The predicted octanol–water partition coefficient (Wildman–Crippen LogP) is 4.19. The Morgan fingerprint density at radius 1 is 1.13 bits per heavy atom. The average molecular weight is 418 g/mol. The van der Waals surface area contributed by atoms with Crippen LogP contribution in [0.2, 0.25) is 0 Å². The molecule has 1 heterocycles. The number of amides is 1. The summed E-state index contributed by atoms with van der Waals surface area (Å²) < 4.78 is 16.9. The summed E-state index contributed by atoms with van der Waals surface area (Å²) in [5.74, 6) is 0.610. The molecule has 1 N–H and O–H groups in total. The van der Waals surface area contributed by atoms with Crippen LogP contribution in [0.5, 0.6) is 0 Å².